The summed E-state index contributed by atoms with van der Waals surface area (Å²) in [6.07, 6.45) is 3.45. The van der Waals surface area contributed by atoms with E-state index in [0.717, 1.165) is 36.1 Å². The third-order valence-electron chi connectivity index (χ3n) is 3.70. The molecule has 0 bridgehead atoms. The summed E-state index contributed by atoms with van der Waals surface area (Å²) in [4.78, 5) is 0. The number of nitrogens with two attached hydrogens (primary N) is 1. The second kappa shape index (κ2) is 4.67. The maximum absolute atomic E-state index is 10.7. The molecule has 3 N–H and O–H groups in total. The van der Waals surface area contributed by atoms with E-state index in [9.17, 15) is 5.11 Å². The molecular weight excluding hydrogens is 214 g/mol. The van der Waals surface area contributed by atoms with E-state index in [4.69, 9.17) is 10.5 Å². The van der Waals surface area contributed by atoms with Gasteiger partial charge in [0, 0.05) is 6.04 Å². The summed E-state index contributed by atoms with van der Waals surface area (Å²) in [6, 6.07) is 5.94. The number of ether oxygens (including phenoxy) is 1. The molecule has 1 aromatic carbocycles. The first-order valence-corrected chi connectivity index (χ1v) is 6.18. The maximum Gasteiger partial charge on any atom is 0.119 e. The molecule has 1 aliphatic rings. The number of hydrogen-bond acceptors (Lipinski definition) is 3. The van der Waals surface area contributed by atoms with Gasteiger partial charge in [-0.25, -0.2) is 0 Å². The Balaban J connectivity index is 2.32. The molecular formula is C14H21NO2. The van der Waals surface area contributed by atoms with Crippen molar-refractivity contribution in [2.24, 2.45) is 5.73 Å². The average Bonchev–Trinajstić information content (AvgIpc) is 2.28. The third-order valence-corrected chi connectivity index (χ3v) is 3.70. The minimum atomic E-state index is -0.756. The second-order valence-corrected chi connectivity index (χ2v) is 5.07. The van der Waals surface area contributed by atoms with Gasteiger partial charge in [-0.2, -0.15) is 0 Å². The Morgan fingerprint density at radius 1 is 1.47 bits per heavy atom. The van der Waals surface area contributed by atoms with Crippen molar-refractivity contribution in [1.29, 1.82) is 0 Å². The zero-order valence-electron chi connectivity index (χ0n) is 10.6. The van der Waals surface area contributed by atoms with Crippen LogP contribution in [0.2, 0.25) is 0 Å². The fourth-order valence-electron chi connectivity index (χ4n) is 2.82. The van der Waals surface area contributed by atoms with Crippen LogP contribution in [-0.2, 0) is 5.60 Å². The van der Waals surface area contributed by atoms with Gasteiger partial charge in [0.2, 0.25) is 0 Å². The molecule has 0 spiro atoms. The van der Waals surface area contributed by atoms with Gasteiger partial charge in [0.05, 0.1) is 12.7 Å². The van der Waals surface area contributed by atoms with E-state index in [1.54, 1.807) is 7.11 Å². The zero-order chi connectivity index (χ0) is 12.5. The number of benzene rings is 1. The molecule has 0 aromatic heterocycles. The average molecular weight is 235 g/mol. The van der Waals surface area contributed by atoms with Crippen LogP contribution in [-0.4, -0.2) is 18.3 Å². The Bertz CT molecular complexity index is 405. The SMILES string of the molecule is COc1ccc(C2(O)CCCC(N)C2)c(C)c1. The van der Waals surface area contributed by atoms with Crippen LogP contribution in [0.25, 0.3) is 0 Å². The fourth-order valence-corrected chi connectivity index (χ4v) is 2.82. The molecule has 1 aromatic rings. The van der Waals surface area contributed by atoms with Crippen LogP contribution in [0.5, 0.6) is 5.75 Å². The van der Waals surface area contributed by atoms with Gasteiger partial charge in [0.1, 0.15) is 5.75 Å². The minimum Gasteiger partial charge on any atom is -0.497 e. The number of aryl methyl sites for hydroxylation is 1. The first-order chi connectivity index (χ1) is 8.05. The lowest BCUT2D eigenvalue weighted by Crippen LogP contribution is -2.39. The summed E-state index contributed by atoms with van der Waals surface area (Å²) in [5.74, 6) is 0.829. The molecule has 2 unspecified atom stereocenters. The maximum atomic E-state index is 10.7. The van der Waals surface area contributed by atoms with Gasteiger partial charge in [0.25, 0.3) is 0 Å². The predicted octanol–water partition coefficient (Wildman–Crippen LogP) is 2.09. The highest BCUT2D eigenvalue weighted by Gasteiger charge is 2.35. The Kier molecular flexibility index (Phi) is 3.40. The highest BCUT2D eigenvalue weighted by molar-refractivity contribution is 5.38. The summed E-state index contributed by atoms with van der Waals surface area (Å²) in [5.41, 5.74) is 7.28. The van der Waals surface area contributed by atoms with Crippen molar-refractivity contribution in [2.45, 2.75) is 44.2 Å². The summed E-state index contributed by atoms with van der Waals surface area (Å²) in [7, 11) is 1.65. The van der Waals surface area contributed by atoms with E-state index in [1.165, 1.54) is 0 Å². The summed E-state index contributed by atoms with van der Waals surface area (Å²) < 4.78 is 5.19. The number of aliphatic hydroxyl groups is 1. The van der Waals surface area contributed by atoms with Crippen molar-refractivity contribution in [1.82, 2.24) is 0 Å². The van der Waals surface area contributed by atoms with Gasteiger partial charge in [-0.05, 0) is 55.9 Å². The van der Waals surface area contributed by atoms with E-state index in [-0.39, 0.29) is 6.04 Å². The minimum absolute atomic E-state index is 0.107. The van der Waals surface area contributed by atoms with Crippen LogP contribution in [0.15, 0.2) is 18.2 Å². The molecule has 1 fully saturated rings. The van der Waals surface area contributed by atoms with Crippen LogP contribution >= 0.6 is 0 Å². The van der Waals surface area contributed by atoms with Crippen molar-refractivity contribution in [3.05, 3.63) is 29.3 Å². The number of hydrogen-bond donors (Lipinski definition) is 2. The third kappa shape index (κ3) is 2.45. The highest BCUT2D eigenvalue weighted by Crippen LogP contribution is 2.38. The molecule has 17 heavy (non-hydrogen) atoms. The lowest BCUT2D eigenvalue weighted by Gasteiger charge is -2.36. The Morgan fingerprint density at radius 2 is 2.24 bits per heavy atom. The Morgan fingerprint density at radius 3 is 2.82 bits per heavy atom. The molecule has 2 atom stereocenters. The summed E-state index contributed by atoms with van der Waals surface area (Å²) >= 11 is 0. The quantitative estimate of drug-likeness (QED) is 0.825. The molecule has 0 aliphatic heterocycles. The van der Waals surface area contributed by atoms with Gasteiger partial charge >= 0.3 is 0 Å². The van der Waals surface area contributed by atoms with Crippen molar-refractivity contribution in [3.63, 3.8) is 0 Å². The van der Waals surface area contributed by atoms with Crippen molar-refractivity contribution in [2.75, 3.05) is 7.11 Å². The molecule has 2 rings (SSSR count). The van der Waals surface area contributed by atoms with Crippen LogP contribution < -0.4 is 10.5 Å². The van der Waals surface area contributed by atoms with Crippen LogP contribution in [0.1, 0.15) is 36.8 Å². The summed E-state index contributed by atoms with van der Waals surface area (Å²) in [6.45, 7) is 2.01. The molecule has 3 heteroatoms. The first-order valence-electron chi connectivity index (χ1n) is 6.18. The monoisotopic (exact) mass is 235 g/mol. The van der Waals surface area contributed by atoms with Crippen LogP contribution in [0.3, 0.4) is 0 Å². The van der Waals surface area contributed by atoms with E-state index in [2.05, 4.69) is 0 Å². The lowest BCUT2D eigenvalue weighted by atomic mass is 9.76. The van der Waals surface area contributed by atoms with Gasteiger partial charge in [0.15, 0.2) is 0 Å². The number of methoxy groups -OCH3 is 1. The fraction of sp³-hybridized carbons (Fsp3) is 0.571. The smallest absolute Gasteiger partial charge is 0.119 e. The molecule has 0 heterocycles. The van der Waals surface area contributed by atoms with E-state index in [0.29, 0.717) is 6.42 Å². The van der Waals surface area contributed by atoms with Gasteiger partial charge < -0.3 is 15.6 Å². The van der Waals surface area contributed by atoms with Gasteiger partial charge in [-0.1, -0.05) is 6.07 Å². The molecule has 0 amide bonds. The molecule has 0 saturated heterocycles. The normalized spacial score (nSPS) is 29.1. The van der Waals surface area contributed by atoms with E-state index >= 15 is 0 Å². The second-order valence-electron chi connectivity index (χ2n) is 5.07. The van der Waals surface area contributed by atoms with Gasteiger partial charge in [-0.3, -0.25) is 0 Å². The topological polar surface area (TPSA) is 55.5 Å². The van der Waals surface area contributed by atoms with E-state index in [1.807, 2.05) is 25.1 Å². The summed E-state index contributed by atoms with van der Waals surface area (Å²) in [5, 5.41) is 10.7. The lowest BCUT2D eigenvalue weighted by molar-refractivity contribution is -0.00772. The number of rotatable bonds is 2. The largest absolute Gasteiger partial charge is 0.497 e. The van der Waals surface area contributed by atoms with Crippen molar-refractivity contribution < 1.29 is 9.84 Å². The molecule has 94 valence electrons. The predicted molar refractivity (Wildman–Crippen MR) is 68.1 cm³/mol. The van der Waals surface area contributed by atoms with E-state index < -0.39 is 5.60 Å². The first kappa shape index (κ1) is 12.4. The molecule has 1 aliphatic carbocycles. The molecule has 0 radical (unpaired) electrons. The molecule has 1 saturated carbocycles. The van der Waals surface area contributed by atoms with Gasteiger partial charge in [-0.15, -0.1) is 0 Å². The standard InChI is InChI=1S/C14H21NO2/c1-10-8-12(17-2)5-6-13(10)14(16)7-3-4-11(15)9-14/h5-6,8,11,16H,3-4,7,9,15H2,1-2H3. The zero-order valence-corrected chi connectivity index (χ0v) is 10.6. The van der Waals surface area contributed by atoms with Crippen LogP contribution in [0.4, 0.5) is 0 Å². The Labute approximate surface area is 103 Å². The van der Waals surface area contributed by atoms with Crippen molar-refractivity contribution >= 4 is 0 Å². The Hall–Kier alpha value is -1.06. The van der Waals surface area contributed by atoms with Crippen molar-refractivity contribution in [3.8, 4) is 5.75 Å². The highest BCUT2D eigenvalue weighted by atomic mass is 16.5. The van der Waals surface area contributed by atoms with Crippen LogP contribution in [0, 0.1) is 6.92 Å². The molecule has 3 nitrogen and oxygen atoms in total.